The Bertz CT molecular complexity index is 47.1. The van der Waals surface area contributed by atoms with E-state index in [4.69, 9.17) is 0 Å². The lowest BCUT2D eigenvalue weighted by molar-refractivity contribution is 0.373. The zero-order valence-corrected chi connectivity index (χ0v) is 11.0. The third-order valence-electron chi connectivity index (χ3n) is 1.79. The highest BCUT2D eigenvalue weighted by Gasteiger charge is 1.81. The van der Waals surface area contributed by atoms with Crippen LogP contribution in [0.4, 0.5) is 0 Å². The van der Waals surface area contributed by atoms with Crippen molar-refractivity contribution in [2.24, 2.45) is 0 Å². The fraction of sp³-hybridized carbons (Fsp3) is 1.00. The summed E-state index contributed by atoms with van der Waals surface area (Å²) in [6, 6.07) is 0. The summed E-state index contributed by atoms with van der Waals surface area (Å²) >= 11 is 0. The van der Waals surface area contributed by atoms with Crippen LogP contribution in [-0.4, -0.2) is 25.0 Å². The van der Waals surface area contributed by atoms with Gasteiger partial charge in [0.05, 0.1) is 0 Å². The highest BCUT2D eigenvalue weighted by Crippen LogP contribution is 1.88. The zero-order valence-electron chi connectivity index (χ0n) is 11.0. The maximum absolute atomic E-state index is 2.25. The minimum absolute atomic E-state index is 1.16. The zero-order chi connectivity index (χ0) is 11.1. The van der Waals surface area contributed by atoms with E-state index in [1.54, 1.807) is 0 Å². The Labute approximate surface area is 86.5 Å². The minimum Gasteiger partial charge on any atom is -0.307 e. The summed E-state index contributed by atoms with van der Waals surface area (Å²) in [5.74, 6) is 0. The van der Waals surface area contributed by atoms with Crippen molar-refractivity contribution in [1.82, 2.24) is 4.90 Å². The number of rotatable bonds is 4. The van der Waals surface area contributed by atoms with Gasteiger partial charge in [-0.25, -0.2) is 0 Å². The van der Waals surface area contributed by atoms with E-state index in [0.717, 1.165) is 13.1 Å². The lowest BCUT2D eigenvalue weighted by Crippen LogP contribution is -2.15. The van der Waals surface area contributed by atoms with Crippen molar-refractivity contribution in [2.45, 2.75) is 60.8 Å². The molecule has 0 amide bonds. The maximum Gasteiger partial charge on any atom is -0.00504 e. The third-order valence-corrected chi connectivity index (χ3v) is 1.79. The van der Waals surface area contributed by atoms with Gasteiger partial charge in [0.1, 0.15) is 0 Å². The first kappa shape index (κ1) is 18.7. The molecule has 0 spiro atoms. The Morgan fingerprint density at radius 2 is 1.08 bits per heavy atom. The van der Waals surface area contributed by atoms with Crippen LogP contribution >= 0.6 is 0 Å². The largest absolute Gasteiger partial charge is 0.307 e. The highest BCUT2D eigenvalue weighted by molar-refractivity contribution is 4.36. The molecule has 84 valence electrons. The molecule has 0 saturated carbocycles. The first-order valence-electron chi connectivity index (χ1n) is 5.91. The molecule has 0 aromatic carbocycles. The van der Waals surface area contributed by atoms with Crippen LogP contribution in [0.2, 0.25) is 0 Å². The summed E-state index contributed by atoms with van der Waals surface area (Å²) in [5, 5.41) is 0. The number of hydrogen-bond acceptors (Lipinski definition) is 1. The van der Waals surface area contributed by atoms with E-state index in [1.165, 1.54) is 19.3 Å². The van der Waals surface area contributed by atoms with Crippen molar-refractivity contribution < 1.29 is 0 Å². The molecule has 0 radical (unpaired) electrons. The van der Waals surface area contributed by atoms with E-state index in [2.05, 4.69) is 39.6 Å². The molecule has 0 aromatic rings. The van der Waals surface area contributed by atoms with Crippen molar-refractivity contribution in [3.05, 3.63) is 0 Å². The summed E-state index contributed by atoms with van der Waals surface area (Å²) < 4.78 is 0. The van der Waals surface area contributed by atoms with Crippen LogP contribution in [0, 0.1) is 0 Å². The van der Waals surface area contributed by atoms with Crippen LogP contribution in [-0.2, 0) is 0 Å². The Kier molecular flexibility index (Phi) is 32.6. The maximum atomic E-state index is 2.25. The van der Waals surface area contributed by atoms with Gasteiger partial charge >= 0.3 is 0 Å². The summed E-state index contributed by atoms with van der Waals surface area (Å²) in [6.45, 7) is 15.1. The van der Waals surface area contributed by atoms with Crippen LogP contribution in [0.25, 0.3) is 0 Å². The number of nitrogens with zero attached hydrogens (tertiary/aromatic N) is 1. The van der Waals surface area contributed by atoms with Crippen LogP contribution in [0.1, 0.15) is 60.8 Å². The molecular formula is C12H31N. The first-order chi connectivity index (χ1) is 6.22. The molecule has 13 heavy (non-hydrogen) atoms. The van der Waals surface area contributed by atoms with E-state index >= 15 is 0 Å². The second kappa shape index (κ2) is 22.7. The summed E-state index contributed by atoms with van der Waals surface area (Å²) in [7, 11) is 2.11. The van der Waals surface area contributed by atoms with Gasteiger partial charge in [-0.2, -0.15) is 0 Å². The normalized spacial score (nSPS) is 8.31. The minimum atomic E-state index is 1.16. The van der Waals surface area contributed by atoms with Gasteiger partial charge in [-0.05, 0) is 20.1 Å². The molecule has 0 aromatic heterocycles. The summed E-state index contributed by atoms with van der Waals surface area (Å²) in [4.78, 5) is 2.25. The third kappa shape index (κ3) is 33.4. The van der Waals surface area contributed by atoms with Gasteiger partial charge in [0.15, 0.2) is 0 Å². The molecule has 0 aliphatic rings. The Morgan fingerprint density at radius 3 is 1.08 bits per heavy atom. The molecule has 0 N–H and O–H groups in total. The molecule has 1 nitrogen and oxygen atoms in total. The number of unbranched alkanes of at least 4 members (excludes halogenated alkanes) is 2. The predicted octanol–water partition coefficient (Wildman–Crippen LogP) is 4.18. The Balaban J connectivity index is -0.000000131. The van der Waals surface area contributed by atoms with Crippen molar-refractivity contribution in [3.8, 4) is 0 Å². The van der Waals surface area contributed by atoms with E-state index in [-0.39, 0.29) is 0 Å². The molecule has 0 fully saturated rings. The van der Waals surface area contributed by atoms with Gasteiger partial charge in [-0.3, -0.25) is 0 Å². The molecule has 0 aliphatic carbocycles. The molecule has 1 heteroatoms. The Morgan fingerprint density at radius 1 is 0.769 bits per heavy atom. The van der Waals surface area contributed by atoms with E-state index in [1.807, 2.05) is 13.8 Å². The van der Waals surface area contributed by atoms with Crippen LogP contribution in [0.5, 0.6) is 0 Å². The van der Waals surface area contributed by atoms with E-state index < -0.39 is 0 Å². The lowest BCUT2D eigenvalue weighted by atomic mass is 10.3. The highest BCUT2D eigenvalue weighted by atomic mass is 15.1. The van der Waals surface area contributed by atoms with Gasteiger partial charge in [-0.1, -0.05) is 60.8 Å². The van der Waals surface area contributed by atoms with Gasteiger partial charge < -0.3 is 4.90 Å². The monoisotopic (exact) mass is 189 g/mol. The first-order valence-corrected chi connectivity index (χ1v) is 5.91. The van der Waals surface area contributed by atoms with Gasteiger partial charge in [-0.15, -0.1) is 0 Å². The van der Waals surface area contributed by atoms with Crippen molar-refractivity contribution >= 4 is 0 Å². The molecule has 0 atom stereocenters. The summed E-state index contributed by atoms with van der Waals surface area (Å²) in [5.41, 5.74) is 0. The van der Waals surface area contributed by atoms with Crippen LogP contribution in [0.15, 0.2) is 0 Å². The molecular weight excluding hydrogens is 158 g/mol. The molecule has 0 heterocycles. The molecule has 0 rings (SSSR count). The smallest absolute Gasteiger partial charge is 0.00504 e. The van der Waals surface area contributed by atoms with Gasteiger partial charge in [0, 0.05) is 0 Å². The van der Waals surface area contributed by atoms with Crippen molar-refractivity contribution in [2.75, 3.05) is 20.1 Å². The van der Waals surface area contributed by atoms with Crippen LogP contribution < -0.4 is 0 Å². The Hall–Kier alpha value is -0.0400. The van der Waals surface area contributed by atoms with Gasteiger partial charge in [0.2, 0.25) is 0 Å². The lowest BCUT2D eigenvalue weighted by Gasteiger charge is -2.07. The molecule has 0 unspecified atom stereocenters. The number of hydrogen-bond donors (Lipinski definition) is 0. The van der Waals surface area contributed by atoms with E-state index in [0.29, 0.717) is 0 Å². The van der Waals surface area contributed by atoms with Crippen molar-refractivity contribution in [1.29, 1.82) is 0 Å². The second-order valence-electron chi connectivity index (χ2n) is 2.84. The average Bonchev–Trinajstić information content (AvgIpc) is 2.22. The van der Waals surface area contributed by atoms with Crippen LogP contribution in [0.3, 0.4) is 0 Å². The fourth-order valence-corrected chi connectivity index (χ4v) is 0.577. The summed E-state index contributed by atoms with van der Waals surface area (Å²) in [6.07, 6.45) is 4.08. The molecule has 0 saturated heterocycles. The fourth-order valence-electron chi connectivity index (χ4n) is 0.577. The van der Waals surface area contributed by atoms with Crippen molar-refractivity contribution in [3.63, 3.8) is 0 Å². The SMILES string of the molecule is CC.CCCCC.CCN(C)CC. The molecule has 0 bridgehead atoms. The van der Waals surface area contributed by atoms with E-state index in [9.17, 15) is 0 Å². The predicted molar refractivity (Wildman–Crippen MR) is 65.4 cm³/mol. The van der Waals surface area contributed by atoms with Gasteiger partial charge in [0.25, 0.3) is 0 Å². The molecule has 0 aliphatic heterocycles. The topological polar surface area (TPSA) is 3.24 Å². The average molecular weight is 189 g/mol. The quantitative estimate of drug-likeness (QED) is 0.641. The standard InChI is InChI=1S/C5H13N.C5H12.C2H6/c1-4-6(3)5-2;1-3-5-4-2;1-2/h4-5H2,1-3H3;3-5H2,1-2H3;1-2H3. The second-order valence-corrected chi connectivity index (χ2v) is 2.84.